The summed E-state index contributed by atoms with van der Waals surface area (Å²) in [5.74, 6) is -0.134. The van der Waals surface area contributed by atoms with Crippen molar-refractivity contribution in [3.63, 3.8) is 0 Å². The first-order valence-corrected chi connectivity index (χ1v) is 10.2. The van der Waals surface area contributed by atoms with Crippen LogP contribution in [0.4, 0.5) is 16.0 Å². The Hall–Kier alpha value is -4.00. The minimum atomic E-state index is -0.425. The molecule has 1 saturated heterocycles. The summed E-state index contributed by atoms with van der Waals surface area (Å²) >= 11 is 0. The number of allylic oxidation sites excluding steroid dienone is 1. The number of likely N-dealkylation sites (N-methyl/N-ethyl adjacent to an activating group) is 2. The van der Waals surface area contributed by atoms with Gasteiger partial charge in [0.05, 0.1) is 30.1 Å². The number of fused-ring (bicyclic) bond motifs is 6. The maximum absolute atomic E-state index is 14.3. The van der Waals surface area contributed by atoms with E-state index in [1.807, 2.05) is 11.0 Å². The monoisotopic (exact) mass is 434 g/mol. The van der Waals surface area contributed by atoms with E-state index >= 15 is 0 Å². The molecule has 2 aromatic rings. The molecule has 164 valence electrons. The molecule has 9 nitrogen and oxygen atoms in total. The molecule has 0 aliphatic carbocycles. The van der Waals surface area contributed by atoms with Crippen LogP contribution >= 0.6 is 0 Å². The van der Waals surface area contributed by atoms with E-state index in [-0.39, 0.29) is 35.6 Å². The summed E-state index contributed by atoms with van der Waals surface area (Å²) in [5, 5.41) is 20.7. The van der Waals surface area contributed by atoms with Crippen LogP contribution in [0.1, 0.15) is 40.5 Å². The number of nitriles is 1. The van der Waals surface area contributed by atoms with Crippen LogP contribution in [0.5, 0.6) is 0 Å². The molecule has 0 spiro atoms. The van der Waals surface area contributed by atoms with Crippen molar-refractivity contribution in [1.82, 2.24) is 20.2 Å². The third-order valence-corrected chi connectivity index (χ3v) is 5.87. The van der Waals surface area contributed by atoms with Crippen LogP contribution in [0.2, 0.25) is 0 Å². The van der Waals surface area contributed by atoms with Gasteiger partial charge in [-0.2, -0.15) is 5.26 Å². The molecule has 1 atom stereocenters. The molecule has 1 aromatic heterocycles. The Kier molecular flexibility index (Phi) is 5.48. The van der Waals surface area contributed by atoms with Gasteiger partial charge in [-0.3, -0.25) is 10.2 Å². The number of nitrogens with one attached hydrogen (secondary N) is 2. The number of carbonyl (C=O) groups is 1. The molecular weight excluding hydrogens is 411 g/mol. The molecular formula is C22H23FN8O. The van der Waals surface area contributed by atoms with E-state index in [1.54, 1.807) is 14.1 Å². The minimum absolute atomic E-state index is 0.0846. The zero-order valence-corrected chi connectivity index (χ0v) is 17.8. The maximum Gasteiger partial charge on any atom is 0.254 e. The predicted molar refractivity (Wildman–Crippen MR) is 118 cm³/mol. The highest BCUT2D eigenvalue weighted by Crippen LogP contribution is 2.39. The third-order valence-electron chi connectivity index (χ3n) is 5.87. The van der Waals surface area contributed by atoms with E-state index in [0.29, 0.717) is 41.3 Å². The van der Waals surface area contributed by atoms with Gasteiger partial charge in [0.25, 0.3) is 5.91 Å². The van der Waals surface area contributed by atoms with E-state index in [2.05, 4.69) is 15.3 Å². The van der Waals surface area contributed by atoms with Gasteiger partial charge in [-0.05, 0) is 36.6 Å². The van der Waals surface area contributed by atoms with Crippen molar-refractivity contribution in [3.05, 3.63) is 52.7 Å². The first-order chi connectivity index (χ1) is 15.3. The number of nitrogens with zero attached hydrogens (tertiary/aromatic N) is 5. The summed E-state index contributed by atoms with van der Waals surface area (Å²) < 4.78 is 14.3. The number of carbonyl (C=O) groups excluding carboxylic acids is 1. The lowest BCUT2D eigenvalue weighted by Crippen LogP contribution is -2.35. The molecule has 2 aliphatic rings. The fraction of sp³-hybridized carbons (Fsp3) is 0.318. The van der Waals surface area contributed by atoms with Gasteiger partial charge in [0.1, 0.15) is 17.6 Å². The molecule has 1 amide bonds. The molecule has 2 bridgehead atoms. The molecule has 2 aliphatic heterocycles. The number of aromatic nitrogens is 2. The SMILES string of the molecule is CN/C1=C(\C(=N)C#N)c2cnc(N)c(n2)N2CCCC2c2cc(F)ccc2C(=O)N(C)C1. The highest BCUT2D eigenvalue weighted by atomic mass is 19.1. The van der Waals surface area contributed by atoms with Crippen molar-refractivity contribution < 1.29 is 9.18 Å². The highest BCUT2D eigenvalue weighted by Gasteiger charge is 2.34. The number of hydrogen-bond acceptors (Lipinski definition) is 8. The lowest BCUT2D eigenvalue weighted by atomic mass is 9.96. The van der Waals surface area contributed by atoms with E-state index in [4.69, 9.17) is 11.1 Å². The number of halogens is 1. The average molecular weight is 434 g/mol. The van der Waals surface area contributed by atoms with E-state index in [0.717, 1.165) is 6.42 Å². The summed E-state index contributed by atoms with van der Waals surface area (Å²) in [7, 11) is 3.27. The van der Waals surface area contributed by atoms with Crippen LogP contribution < -0.4 is 16.0 Å². The Morgan fingerprint density at radius 3 is 2.94 bits per heavy atom. The van der Waals surface area contributed by atoms with Gasteiger partial charge in [0, 0.05) is 31.9 Å². The van der Waals surface area contributed by atoms with Crippen molar-refractivity contribution in [2.45, 2.75) is 18.9 Å². The predicted octanol–water partition coefficient (Wildman–Crippen LogP) is 2.10. The van der Waals surface area contributed by atoms with Gasteiger partial charge >= 0.3 is 0 Å². The maximum atomic E-state index is 14.3. The largest absolute Gasteiger partial charge is 0.389 e. The van der Waals surface area contributed by atoms with Crippen molar-refractivity contribution in [2.75, 3.05) is 37.8 Å². The lowest BCUT2D eigenvalue weighted by molar-refractivity contribution is 0.0804. The van der Waals surface area contributed by atoms with Crippen LogP contribution in [0.15, 0.2) is 30.1 Å². The Bertz CT molecular complexity index is 1180. The summed E-state index contributed by atoms with van der Waals surface area (Å²) in [4.78, 5) is 25.8. The molecule has 0 saturated carbocycles. The normalized spacial score (nSPS) is 20.6. The van der Waals surface area contributed by atoms with E-state index < -0.39 is 5.82 Å². The number of anilines is 2. The van der Waals surface area contributed by atoms with Crippen LogP contribution in [-0.4, -0.2) is 53.7 Å². The van der Waals surface area contributed by atoms with Gasteiger partial charge in [0.15, 0.2) is 11.6 Å². The minimum Gasteiger partial charge on any atom is -0.389 e. The summed E-state index contributed by atoms with van der Waals surface area (Å²) in [6.07, 6.45) is 2.91. The topological polar surface area (TPSA) is 135 Å². The molecule has 0 radical (unpaired) electrons. The second-order valence-corrected chi connectivity index (χ2v) is 7.80. The molecule has 32 heavy (non-hydrogen) atoms. The van der Waals surface area contributed by atoms with Gasteiger partial charge in [-0.1, -0.05) is 0 Å². The standard InChI is InChI=1S/C22H23FN8O/c1-27-17-11-30(2)22(32)13-6-5-12(23)8-14(13)18-4-3-7-31(18)21-20(26)28-10-16(29-21)19(17)15(25)9-24/h5-6,8,10,18,25,27H,3-4,7,11H2,1-2H3,(H2,26,28)/b19-17+,25-15?. The summed E-state index contributed by atoms with van der Waals surface area (Å²) in [6, 6.07) is 5.72. The Labute approximate surface area is 184 Å². The average Bonchev–Trinajstić information content (AvgIpc) is 3.27. The van der Waals surface area contributed by atoms with E-state index in [1.165, 1.54) is 29.3 Å². The molecule has 1 aromatic carbocycles. The molecule has 1 fully saturated rings. The van der Waals surface area contributed by atoms with Crippen molar-refractivity contribution in [3.8, 4) is 6.07 Å². The molecule has 10 heteroatoms. The second-order valence-electron chi connectivity index (χ2n) is 7.80. The molecule has 4 rings (SSSR count). The number of benzene rings is 1. The van der Waals surface area contributed by atoms with Crippen molar-refractivity contribution >= 4 is 28.8 Å². The van der Waals surface area contributed by atoms with Crippen LogP contribution in [-0.2, 0) is 0 Å². The van der Waals surface area contributed by atoms with Crippen LogP contribution in [0.3, 0.4) is 0 Å². The first-order valence-electron chi connectivity index (χ1n) is 10.2. The zero-order valence-electron chi connectivity index (χ0n) is 17.8. The van der Waals surface area contributed by atoms with Crippen molar-refractivity contribution in [1.29, 1.82) is 10.7 Å². The highest BCUT2D eigenvalue weighted by molar-refractivity contribution is 6.30. The summed E-state index contributed by atoms with van der Waals surface area (Å²) in [5.41, 5.74) is 7.84. The Morgan fingerprint density at radius 1 is 1.44 bits per heavy atom. The number of rotatable bonds is 2. The van der Waals surface area contributed by atoms with Crippen LogP contribution in [0.25, 0.3) is 5.57 Å². The lowest BCUT2D eigenvalue weighted by Gasteiger charge is -2.30. The fourth-order valence-electron chi connectivity index (χ4n) is 4.36. The quantitative estimate of drug-likeness (QED) is 0.616. The second kappa shape index (κ2) is 8.26. The van der Waals surface area contributed by atoms with Gasteiger partial charge < -0.3 is 20.9 Å². The number of nitrogens with two attached hydrogens (primary N) is 1. The molecule has 1 unspecified atom stereocenters. The van der Waals surface area contributed by atoms with E-state index in [9.17, 15) is 14.4 Å². The first kappa shape index (κ1) is 21.2. The van der Waals surface area contributed by atoms with Gasteiger partial charge in [-0.15, -0.1) is 0 Å². The number of amides is 1. The number of hydrogen-bond donors (Lipinski definition) is 3. The Morgan fingerprint density at radius 2 is 2.22 bits per heavy atom. The van der Waals surface area contributed by atoms with Crippen molar-refractivity contribution in [2.24, 2.45) is 0 Å². The summed E-state index contributed by atoms with van der Waals surface area (Å²) in [6.45, 7) is 0.682. The van der Waals surface area contributed by atoms with Gasteiger partial charge in [0.2, 0.25) is 0 Å². The van der Waals surface area contributed by atoms with Gasteiger partial charge in [-0.25, -0.2) is 14.4 Å². The Balaban J connectivity index is 2.03. The smallest absolute Gasteiger partial charge is 0.254 e. The zero-order chi connectivity index (χ0) is 23.0. The number of nitrogen functional groups attached to an aromatic ring is 1. The fourth-order valence-corrected chi connectivity index (χ4v) is 4.36. The van der Waals surface area contributed by atoms with Crippen LogP contribution in [0, 0.1) is 22.6 Å². The molecule has 3 heterocycles. The third kappa shape index (κ3) is 3.51. The molecule has 4 N–H and O–H groups in total.